The number of benzene rings is 1. The van der Waals surface area contributed by atoms with Crippen molar-refractivity contribution < 1.29 is 9.21 Å². The van der Waals surface area contributed by atoms with Gasteiger partial charge in [-0.3, -0.25) is 4.79 Å². The number of nitrogens with zero attached hydrogens (tertiary/aromatic N) is 1. The molecule has 4 heteroatoms. The third-order valence-electron chi connectivity index (χ3n) is 3.82. The topological polar surface area (TPSA) is 47.2 Å². The van der Waals surface area contributed by atoms with Crippen LogP contribution < -0.4 is 5.32 Å². The van der Waals surface area contributed by atoms with E-state index in [0.29, 0.717) is 12.3 Å². The van der Waals surface area contributed by atoms with Crippen LogP contribution >= 0.6 is 0 Å². The maximum atomic E-state index is 11.7. The Balaban J connectivity index is 1.49. The standard InChI is InChI=1S/C19H20N2O2/c1-15-14-16-6-2-3-8-18(16)21(15)12-5-11-20-19(22)10-9-17-7-4-13-23-17/h2-4,6-10,13-14H,5,11-12H2,1H3,(H,20,22)/b10-9+. The zero-order chi connectivity index (χ0) is 16.1. The molecule has 4 nitrogen and oxygen atoms in total. The highest BCUT2D eigenvalue weighted by molar-refractivity contribution is 5.91. The molecule has 0 saturated heterocycles. The first-order chi connectivity index (χ1) is 11.2. The van der Waals surface area contributed by atoms with Crippen LogP contribution in [-0.4, -0.2) is 17.0 Å². The highest BCUT2D eigenvalue weighted by Gasteiger charge is 2.04. The summed E-state index contributed by atoms with van der Waals surface area (Å²) in [7, 11) is 0. The molecule has 1 N–H and O–H groups in total. The number of aryl methyl sites for hydroxylation is 2. The molecular formula is C19H20N2O2. The summed E-state index contributed by atoms with van der Waals surface area (Å²) in [5, 5.41) is 4.15. The fraction of sp³-hybridized carbons (Fsp3) is 0.211. The molecule has 0 saturated carbocycles. The van der Waals surface area contributed by atoms with Crippen molar-refractivity contribution in [3.05, 3.63) is 66.3 Å². The Morgan fingerprint density at radius 2 is 2.13 bits per heavy atom. The summed E-state index contributed by atoms with van der Waals surface area (Å²) in [6.07, 6.45) is 5.63. The summed E-state index contributed by atoms with van der Waals surface area (Å²) in [6, 6.07) is 14.2. The Morgan fingerprint density at radius 1 is 1.26 bits per heavy atom. The van der Waals surface area contributed by atoms with Crippen molar-refractivity contribution in [1.82, 2.24) is 9.88 Å². The lowest BCUT2D eigenvalue weighted by atomic mass is 10.2. The van der Waals surface area contributed by atoms with Gasteiger partial charge in [-0.1, -0.05) is 18.2 Å². The quantitative estimate of drug-likeness (QED) is 0.557. The van der Waals surface area contributed by atoms with Crippen LogP contribution in [0.4, 0.5) is 0 Å². The second-order valence-electron chi connectivity index (χ2n) is 5.49. The van der Waals surface area contributed by atoms with E-state index in [-0.39, 0.29) is 5.91 Å². The van der Waals surface area contributed by atoms with Crippen molar-refractivity contribution in [1.29, 1.82) is 0 Å². The predicted octanol–water partition coefficient (Wildman–Crippen LogP) is 3.76. The van der Waals surface area contributed by atoms with Gasteiger partial charge >= 0.3 is 0 Å². The van der Waals surface area contributed by atoms with Gasteiger partial charge in [-0.25, -0.2) is 0 Å². The second-order valence-corrected chi connectivity index (χ2v) is 5.49. The first kappa shape index (κ1) is 15.2. The molecule has 3 rings (SSSR count). The van der Waals surface area contributed by atoms with Gasteiger partial charge in [0, 0.05) is 30.4 Å². The average molecular weight is 308 g/mol. The lowest BCUT2D eigenvalue weighted by molar-refractivity contribution is -0.116. The van der Waals surface area contributed by atoms with Gasteiger partial charge in [-0.05, 0) is 49.1 Å². The van der Waals surface area contributed by atoms with Gasteiger partial charge in [-0.15, -0.1) is 0 Å². The SMILES string of the molecule is Cc1cc2ccccc2n1CCCNC(=O)/C=C/c1ccco1. The monoisotopic (exact) mass is 308 g/mol. The number of hydrogen-bond donors (Lipinski definition) is 1. The molecule has 0 aliphatic heterocycles. The van der Waals surface area contributed by atoms with Crippen LogP contribution in [0, 0.1) is 6.92 Å². The lowest BCUT2D eigenvalue weighted by Crippen LogP contribution is -2.23. The number of carbonyl (C=O) groups is 1. The van der Waals surface area contributed by atoms with Gasteiger partial charge in [0.2, 0.25) is 5.91 Å². The van der Waals surface area contributed by atoms with Crippen molar-refractivity contribution in [3.63, 3.8) is 0 Å². The van der Waals surface area contributed by atoms with Crippen molar-refractivity contribution >= 4 is 22.9 Å². The molecule has 0 aliphatic carbocycles. The highest BCUT2D eigenvalue weighted by atomic mass is 16.3. The number of para-hydroxylation sites is 1. The normalized spacial score (nSPS) is 11.3. The van der Waals surface area contributed by atoms with E-state index in [1.165, 1.54) is 22.7 Å². The first-order valence-corrected chi connectivity index (χ1v) is 7.78. The molecule has 2 heterocycles. The van der Waals surface area contributed by atoms with E-state index in [1.807, 2.05) is 6.07 Å². The van der Waals surface area contributed by atoms with Crippen LogP contribution in [0.5, 0.6) is 0 Å². The van der Waals surface area contributed by atoms with E-state index in [2.05, 4.69) is 47.1 Å². The Kier molecular flexibility index (Phi) is 4.62. The number of fused-ring (bicyclic) bond motifs is 1. The molecule has 2 aromatic heterocycles. The van der Waals surface area contributed by atoms with E-state index in [1.54, 1.807) is 18.4 Å². The molecule has 0 bridgehead atoms. The highest BCUT2D eigenvalue weighted by Crippen LogP contribution is 2.19. The van der Waals surface area contributed by atoms with Gasteiger partial charge < -0.3 is 14.3 Å². The smallest absolute Gasteiger partial charge is 0.244 e. The maximum Gasteiger partial charge on any atom is 0.244 e. The molecule has 0 spiro atoms. The minimum atomic E-state index is -0.101. The molecule has 1 aromatic carbocycles. The number of amides is 1. The van der Waals surface area contributed by atoms with Crippen LogP contribution in [0.1, 0.15) is 17.9 Å². The minimum absolute atomic E-state index is 0.101. The fourth-order valence-electron chi connectivity index (χ4n) is 2.70. The number of furan rings is 1. The van der Waals surface area contributed by atoms with Gasteiger partial charge in [0.1, 0.15) is 5.76 Å². The van der Waals surface area contributed by atoms with Crippen LogP contribution in [0.2, 0.25) is 0 Å². The van der Waals surface area contributed by atoms with Gasteiger partial charge in [0.25, 0.3) is 0 Å². The summed E-state index contributed by atoms with van der Waals surface area (Å²) in [5.74, 6) is 0.574. The number of rotatable bonds is 6. The fourth-order valence-corrected chi connectivity index (χ4v) is 2.70. The molecule has 0 atom stereocenters. The molecule has 0 unspecified atom stereocenters. The number of hydrogen-bond acceptors (Lipinski definition) is 2. The Hall–Kier alpha value is -2.75. The van der Waals surface area contributed by atoms with Gasteiger partial charge in [-0.2, -0.15) is 0 Å². The molecule has 23 heavy (non-hydrogen) atoms. The lowest BCUT2D eigenvalue weighted by Gasteiger charge is -2.08. The molecule has 0 radical (unpaired) electrons. The Labute approximate surface area is 135 Å². The number of aromatic nitrogens is 1. The molecule has 3 aromatic rings. The largest absolute Gasteiger partial charge is 0.465 e. The maximum absolute atomic E-state index is 11.7. The van der Waals surface area contributed by atoms with E-state index < -0.39 is 0 Å². The van der Waals surface area contributed by atoms with E-state index >= 15 is 0 Å². The summed E-state index contributed by atoms with van der Waals surface area (Å²) >= 11 is 0. The summed E-state index contributed by atoms with van der Waals surface area (Å²) in [6.45, 7) is 3.65. The molecular weight excluding hydrogens is 288 g/mol. The third-order valence-corrected chi connectivity index (χ3v) is 3.82. The average Bonchev–Trinajstić information content (AvgIpc) is 3.17. The van der Waals surface area contributed by atoms with Gasteiger partial charge in [0.15, 0.2) is 0 Å². The van der Waals surface area contributed by atoms with Crippen molar-refractivity contribution in [2.75, 3.05) is 6.54 Å². The summed E-state index contributed by atoms with van der Waals surface area (Å²) in [5.41, 5.74) is 2.49. The van der Waals surface area contributed by atoms with Crippen LogP contribution in [0.25, 0.3) is 17.0 Å². The van der Waals surface area contributed by atoms with Crippen molar-refractivity contribution in [2.45, 2.75) is 19.9 Å². The second kappa shape index (κ2) is 7.01. The van der Waals surface area contributed by atoms with E-state index in [0.717, 1.165) is 13.0 Å². The van der Waals surface area contributed by atoms with E-state index in [4.69, 9.17) is 4.42 Å². The zero-order valence-corrected chi connectivity index (χ0v) is 13.2. The minimum Gasteiger partial charge on any atom is -0.465 e. The van der Waals surface area contributed by atoms with Crippen LogP contribution in [-0.2, 0) is 11.3 Å². The predicted molar refractivity (Wildman–Crippen MR) is 92.0 cm³/mol. The van der Waals surface area contributed by atoms with Crippen LogP contribution in [0.3, 0.4) is 0 Å². The third kappa shape index (κ3) is 3.72. The Morgan fingerprint density at radius 3 is 2.96 bits per heavy atom. The number of carbonyl (C=O) groups excluding carboxylic acids is 1. The number of nitrogens with one attached hydrogen (secondary N) is 1. The molecule has 0 fully saturated rings. The molecule has 118 valence electrons. The van der Waals surface area contributed by atoms with Crippen LogP contribution in [0.15, 0.2) is 59.2 Å². The van der Waals surface area contributed by atoms with Crippen molar-refractivity contribution in [2.24, 2.45) is 0 Å². The molecule has 1 amide bonds. The first-order valence-electron chi connectivity index (χ1n) is 7.78. The molecule has 0 aliphatic rings. The van der Waals surface area contributed by atoms with Gasteiger partial charge in [0.05, 0.1) is 6.26 Å². The van der Waals surface area contributed by atoms with E-state index in [9.17, 15) is 4.79 Å². The summed E-state index contributed by atoms with van der Waals surface area (Å²) in [4.78, 5) is 11.7. The van der Waals surface area contributed by atoms with Crippen molar-refractivity contribution in [3.8, 4) is 0 Å². The summed E-state index contributed by atoms with van der Waals surface area (Å²) < 4.78 is 7.43. The Bertz CT molecular complexity index is 813. The zero-order valence-electron chi connectivity index (χ0n) is 13.2.